The van der Waals surface area contributed by atoms with E-state index in [2.05, 4.69) is 0 Å². The standard InChI is InChI=1S/C14H13ClN2O3S/c1-2-20-14(19)9-10(16)12(21-13(9)17)11(18)7-3-5-8(15)6-4-7/h3-6H,2,16-17H2,1H3. The van der Waals surface area contributed by atoms with Gasteiger partial charge in [-0.1, -0.05) is 11.6 Å². The quantitative estimate of drug-likeness (QED) is 0.666. The summed E-state index contributed by atoms with van der Waals surface area (Å²) in [6, 6.07) is 6.39. The van der Waals surface area contributed by atoms with Crippen LogP contribution in [0.25, 0.3) is 0 Å². The number of nitrogen functional groups attached to an aromatic ring is 2. The van der Waals surface area contributed by atoms with Gasteiger partial charge in [-0.15, -0.1) is 11.3 Å². The second kappa shape index (κ2) is 6.15. The van der Waals surface area contributed by atoms with E-state index >= 15 is 0 Å². The van der Waals surface area contributed by atoms with Crippen LogP contribution < -0.4 is 11.5 Å². The second-order valence-corrected chi connectivity index (χ2v) is 5.63. The SMILES string of the molecule is CCOC(=O)c1c(N)sc(C(=O)c2ccc(Cl)cc2)c1N. The van der Waals surface area contributed by atoms with Crippen molar-refractivity contribution in [2.24, 2.45) is 0 Å². The molecule has 0 saturated carbocycles. The molecule has 0 radical (unpaired) electrons. The number of benzene rings is 1. The topological polar surface area (TPSA) is 95.4 Å². The fourth-order valence-electron chi connectivity index (χ4n) is 1.78. The van der Waals surface area contributed by atoms with Gasteiger partial charge < -0.3 is 16.2 Å². The predicted molar refractivity (Wildman–Crippen MR) is 84.0 cm³/mol. The Balaban J connectivity index is 2.41. The largest absolute Gasteiger partial charge is 0.462 e. The van der Waals surface area contributed by atoms with Crippen molar-refractivity contribution in [1.82, 2.24) is 0 Å². The van der Waals surface area contributed by atoms with Crippen molar-refractivity contribution in [2.45, 2.75) is 6.92 Å². The molecule has 1 heterocycles. The molecule has 0 fully saturated rings. The molecule has 1 aromatic heterocycles. The Labute approximate surface area is 130 Å². The normalized spacial score (nSPS) is 10.4. The van der Waals surface area contributed by atoms with Crippen molar-refractivity contribution in [1.29, 1.82) is 0 Å². The number of ketones is 1. The van der Waals surface area contributed by atoms with Crippen LogP contribution >= 0.6 is 22.9 Å². The van der Waals surface area contributed by atoms with Crippen LogP contribution in [0.1, 0.15) is 32.5 Å². The first kappa shape index (κ1) is 15.3. The summed E-state index contributed by atoms with van der Waals surface area (Å²) in [4.78, 5) is 24.4. The van der Waals surface area contributed by atoms with Crippen LogP contribution in [0.4, 0.5) is 10.7 Å². The van der Waals surface area contributed by atoms with Crippen molar-refractivity contribution < 1.29 is 14.3 Å². The van der Waals surface area contributed by atoms with Gasteiger partial charge in [0.1, 0.15) is 15.4 Å². The van der Waals surface area contributed by atoms with Crippen molar-refractivity contribution in [3.8, 4) is 0 Å². The van der Waals surface area contributed by atoms with Crippen LogP contribution in [0.2, 0.25) is 5.02 Å². The van der Waals surface area contributed by atoms with Gasteiger partial charge >= 0.3 is 5.97 Å². The third-order valence-electron chi connectivity index (χ3n) is 2.76. The number of rotatable bonds is 4. The fraction of sp³-hybridized carbons (Fsp3) is 0.143. The van der Waals surface area contributed by atoms with E-state index in [0.29, 0.717) is 10.6 Å². The molecule has 0 aliphatic rings. The molecule has 0 amide bonds. The Kier molecular flexibility index (Phi) is 4.50. The molecule has 0 atom stereocenters. The molecule has 0 bridgehead atoms. The second-order valence-electron chi connectivity index (χ2n) is 4.14. The van der Waals surface area contributed by atoms with E-state index in [-0.39, 0.29) is 33.5 Å². The number of hydrogen-bond acceptors (Lipinski definition) is 6. The molecule has 0 aliphatic carbocycles. The van der Waals surface area contributed by atoms with Crippen LogP contribution in [0.15, 0.2) is 24.3 Å². The highest BCUT2D eigenvalue weighted by molar-refractivity contribution is 7.19. The molecule has 0 spiro atoms. The van der Waals surface area contributed by atoms with Crippen LogP contribution in [-0.2, 0) is 4.74 Å². The third-order valence-corrected chi connectivity index (χ3v) is 4.05. The molecule has 0 unspecified atom stereocenters. The fourth-order valence-corrected chi connectivity index (χ4v) is 2.84. The number of carbonyl (C=O) groups excluding carboxylic acids is 2. The van der Waals surface area contributed by atoms with Crippen LogP contribution in [0.3, 0.4) is 0 Å². The number of thiophene rings is 1. The number of nitrogens with two attached hydrogens (primary N) is 2. The summed E-state index contributed by atoms with van der Waals surface area (Å²) >= 11 is 6.76. The first-order chi connectivity index (χ1) is 9.95. The van der Waals surface area contributed by atoms with Gasteiger partial charge in [-0.05, 0) is 31.2 Å². The Morgan fingerprint density at radius 3 is 2.43 bits per heavy atom. The number of halogens is 1. The van der Waals surface area contributed by atoms with E-state index in [9.17, 15) is 9.59 Å². The third kappa shape index (κ3) is 3.01. The maximum absolute atomic E-state index is 12.4. The zero-order valence-corrected chi connectivity index (χ0v) is 12.8. The van der Waals surface area contributed by atoms with Gasteiger partial charge in [0.15, 0.2) is 0 Å². The van der Waals surface area contributed by atoms with Gasteiger partial charge in [-0.25, -0.2) is 4.79 Å². The molecule has 0 aliphatic heterocycles. The maximum atomic E-state index is 12.4. The van der Waals surface area contributed by atoms with Gasteiger partial charge in [0, 0.05) is 10.6 Å². The first-order valence-electron chi connectivity index (χ1n) is 6.10. The number of carbonyl (C=O) groups is 2. The van der Waals surface area contributed by atoms with Gasteiger partial charge in [0.25, 0.3) is 0 Å². The van der Waals surface area contributed by atoms with E-state index in [1.54, 1.807) is 31.2 Å². The van der Waals surface area contributed by atoms with E-state index in [0.717, 1.165) is 11.3 Å². The average molecular weight is 325 g/mol. The molecule has 2 rings (SSSR count). The van der Waals surface area contributed by atoms with Crippen LogP contribution in [-0.4, -0.2) is 18.4 Å². The minimum atomic E-state index is -0.626. The van der Waals surface area contributed by atoms with Crippen molar-refractivity contribution in [2.75, 3.05) is 18.1 Å². The molecule has 21 heavy (non-hydrogen) atoms. The molecule has 110 valence electrons. The lowest BCUT2D eigenvalue weighted by Crippen LogP contribution is -2.10. The highest BCUT2D eigenvalue weighted by Crippen LogP contribution is 2.35. The molecular formula is C14H13ClN2O3S. The lowest BCUT2D eigenvalue weighted by atomic mass is 10.1. The Hall–Kier alpha value is -2.05. The Bertz CT molecular complexity index is 695. The highest BCUT2D eigenvalue weighted by atomic mass is 35.5. The molecule has 1 aromatic carbocycles. The maximum Gasteiger partial charge on any atom is 0.343 e. The number of hydrogen-bond donors (Lipinski definition) is 2. The van der Waals surface area contributed by atoms with E-state index < -0.39 is 5.97 Å². The van der Waals surface area contributed by atoms with Gasteiger partial charge in [0.05, 0.1) is 12.3 Å². The predicted octanol–water partition coefficient (Wildman–Crippen LogP) is 2.97. The van der Waals surface area contributed by atoms with E-state index in [1.807, 2.05) is 0 Å². The Morgan fingerprint density at radius 1 is 1.24 bits per heavy atom. The summed E-state index contributed by atoms with van der Waals surface area (Å²) in [7, 11) is 0. The summed E-state index contributed by atoms with van der Waals surface area (Å²) in [5.74, 6) is -0.935. The van der Waals surface area contributed by atoms with E-state index in [4.69, 9.17) is 27.8 Å². The zero-order chi connectivity index (χ0) is 15.6. The Morgan fingerprint density at radius 2 is 1.86 bits per heavy atom. The number of anilines is 2. The van der Waals surface area contributed by atoms with Gasteiger partial charge in [-0.2, -0.15) is 0 Å². The smallest absolute Gasteiger partial charge is 0.343 e. The summed E-state index contributed by atoms with van der Waals surface area (Å²) in [6.45, 7) is 1.88. The molecule has 4 N–H and O–H groups in total. The zero-order valence-electron chi connectivity index (χ0n) is 11.2. The number of esters is 1. The number of ether oxygens (including phenoxy) is 1. The highest BCUT2D eigenvalue weighted by Gasteiger charge is 2.25. The minimum absolute atomic E-state index is 0.0518. The van der Waals surface area contributed by atoms with Crippen molar-refractivity contribution >= 4 is 45.4 Å². The first-order valence-corrected chi connectivity index (χ1v) is 7.30. The molecular weight excluding hydrogens is 312 g/mol. The molecule has 0 saturated heterocycles. The molecule has 2 aromatic rings. The summed E-state index contributed by atoms with van der Waals surface area (Å²) < 4.78 is 4.88. The van der Waals surface area contributed by atoms with E-state index in [1.165, 1.54) is 0 Å². The lowest BCUT2D eigenvalue weighted by molar-refractivity contribution is 0.0529. The summed E-state index contributed by atoms with van der Waals surface area (Å²) in [6.07, 6.45) is 0. The minimum Gasteiger partial charge on any atom is -0.462 e. The lowest BCUT2D eigenvalue weighted by Gasteiger charge is -2.03. The summed E-state index contributed by atoms with van der Waals surface area (Å²) in [5.41, 5.74) is 12.2. The van der Waals surface area contributed by atoms with Crippen molar-refractivity contribution in [3.05, 3.63) is 45.3 Å². The van der Waals surface area contributed by atoms with Crippen LogP contribution in [0.5, 0.6) is 0 Å². The monoisotopic (exact) mass is 324 g/mol. The van der Waals surface area contributed by atoms with Gasteiger partial charge in [-0.3, -0.25) is 4.79 Å². The van der Waals surface area contributed by atoms with Crippen molar-refractivity contribution in [3.63, 3.8) is 0 Å². The van der Waals surface area contributed by atoms with Gasteiger partial charge in [0.2, 0.25) is 5.78 Å². The van der Waals surface area contributed by atoms with Crippen LogP contribution in [0, 0.1) is 0 Å². The molecule has 5 nitrogen and oxygen atoms in total. The average Bonchev–Trinajstić information content (AvgIpc) is 2.74. The molecule has 7 heteroatoms. The summed E-state index contributed by atoms with van der Waals surface area (Å²) in [5, 5.41) is 0.695.